The van der Waals surface area contributed by atoms with E-state index in [9.17, 15) is 4.79 Å². The topological polar surface area (TPSA) is 56.4 Å². The molecular weight excluding hydrogens is 348 g/mol. The molecule has 0 spiro atoms. The van der Waals surface area contributed by atoms with E-state index in [1.807, 2.05) is 19.9 Å². The van der Waals surface area contributed by atoms with Crippen LogP contribution in [0.3, 0.4) is 0 Å². The number of rotatable bonds is 5. The number of nitrogens with zero attached hydrogens (tertiary/aromatic N) is 1. The van der Waals surface area contributed by atoms with E-state index in [1.54, 1.807) is 0 Å². The Morgan fingerprint density at radius 1 is 1.11 bits per heavy atom. The number of carbonyl (C=O) groups is 1. The lowest BCUT2D eigenvalue weighted by molar-refractivity contribution is -0.126. The highest BCUT2D eigenvalue weighted by molar-refractivity contribution is 5.81. The molecule has 2 aliphatic rings. The van der Waals surface area contributed by atoms with Crippen LogP contribution in [-0.2, 0) is 4.79 Å². The third-order valence-corrected chi connectivity index (χ3v) is 6.20. The Morgan fingerprint density at radius 3 is 2.54 bits per heavy atom. The van der Waals surface area contributed by atoms with Gasteiger partial charge in [0.2, 0.25) is 5.91 Å². The van der Waals surface area contributed by atoms with E-state index in [4.69, 9.17) is 0 Å². The number of piperidine rings is 1. The minimum absolute atomic E-state index is 0.0809. The SMILES string of the molecule is CCNC(=O)C(C)N1CCC2NNC(c3ccc(-c4ccccc4)cc3)C2C1. The summed E-state index contributed by atoms with van der Waals surface area (Å²) < 4.78 is 0. The summed E-state index contributed by atoms with van der Waals surface area (Å²) in [4.78, 5) is 14.6. The van der Waals surface area contributed by atoms with Crippen LogP contribution in [0.5, 0.6) is 0 Å². The van der Waals surface area contributed by atoms with Crippen molar-refractivity contribution in [2.45, 2.75) is 38.4 Å². The summed E-state index contributed by atoms with van der Waals surface area (Å²) in [5.74, 6) is 0.580. The fourth-order valence-electron chi connectivity index (χ4n) is 4.51. The van der Waals surface area contributed by atoms with Crippen molar-refractivity contribution in [3.05, 3.63) is 60.2 Å². The molecule has 0 aliphatic carbocycles. The van der Waals surface area contributed by atoms with Crippen molar-refractivity contribution >= 4 is 5.91 Å². The minimum atomic E-state index is -0.0809. The zero-order valence-corrected chi connectivity index (χ0v) is 16.7. The summed E-state index contributed by atoms with van der Waals surface area (Å²) in [7, 11) is 0. The van der Waals surface area contributed by atoms with Crippen molar-refractivity contribution in [3.63, 3.8) is 0 Å². The zero-order valence-electron chi connectivity index (χ0n) is 16.7. The molecule has 2 heterocycles. The number of hydrogen-bond acceptors (Lipinski definition) is 4. The van der Waals surface area contributed by atoms with E-state index in [2.05, 4.69) is 69.6 Å². The van der Waals surface area contributed by atoms with Crippen molar-refractivity contribution in [2.75, 3.05) is 19.6 Å². The smallest absolute Gasteiger partial charge is 0.237 e. The number of nitrogens with one attached hydrogen (secondary N) is 3. The number of carbonyl (C=O) groups excluding carboxylic acids is 1. The molecule has 2 saturated heterocycles. The largest absolute Gasteiger partial charge is 0.355 e. The average Bonchev–Trinajstić information content (AvgIpc) is 3.17. The van der Waals surface area contributed by atoms with Crippen LogP contribution < -0.4 is 16.2 Å². The van der Waals surface area contributed by atoms with Crippen LogP contribution in [0.1, 0.15) is 31.9 Å². The Kier molecular flexibility index (Phi) is 5.76. The summed E-state index contributed by atoms with van der Waals surface area (Å²) in [6, 6.07) is 20.0. The molecule has 3 N–H and O–H groups in total. The lowest BCUT2D eigenvalue weighted by atomic mass is 9.84. The van der Waals surface area contributed by atoms with Crippen LogP contribution in [0.15, 0.2) is 54.6 Å². The first kappa shape index (κ1) is 19.1. The lowest BCUT2D eigenvalue weighted by Crippen LogP contribution is -2.53. The van der Waals surface area contributed by atoms with Crippen molar-refractivity contribution in [3.8, 4) is 11.1 Å². The standard InChI is InChI=1S/C23H30N4O/c1-3-24-23(28)16(2)27-14-13-21-20(15-27)22(26-25-21)19-11-9-18(10-12-19)17-7-5-4-6-8-17/h4-12,16,20-22,25-26H,3,13-15H2,1-2H3,(H,24,28). The van der Waals surface area contributed by atoms with Gasteiger partial charge in [-0.2, -0.15) is 0 Å². The molecule has 4 rings (SSSR count). The van der Waals surface area contributed by atoms with Gasteiger partial charge in [0.25, 0.3) is 0 Å². The van der Waals surface area contributed by atoms with Gasteiger partial charge in [-0.25, -0.2) is 5.43 Å². The molecule has 5 heteroatoms. The van der Waals surface area contributed by atoms with Gasteiger partial charge in [-0.1, -0.05) is 54.6 Å². The fraction of sp³-hybridized carbons (Fsp3) is 0.435. The lowest BCUT2D eigenvalue weighted by Gasteiger charge is -2.38. The molecular formula is C23H30N4O. The molecule has 0 aromatic heterocycles. The van der Waals surface area contributed by atoms with Crippen LogP contribution in [0.2, 0.25) is 0 Å². The number of fused-ring (bicyclic) bond motifs is 1. The molecule has 2 aromatic carbocycles. The summed E-state index contributed by atoms with van der Waals surface area (Å²) >= 11 is 0. The van der Waals surface area contributed by atoms with E-state index in [0.29, 0.717) is 18.5 Å². The summed E-state index contributed by atoms with van der Waals surface area (Å²) in [6.07, 6.45) is 1.06. The molecule has 0 saturated carbocycles. The van der Waals surface area contributed by atoms with Gasteiger partial charge in [-0.05, 0) is 37.0 Å². The Bertz CT molecular complexity index is 792. The first-order valence-electron chi connectivity index (χ1n) is 10.4. The van der Waals surface area contributed by atoms with E-state index in [-0.39, 0.29) is 18.0 Å². The molecule has 2 fully saturated rings. The van der Waals surface area contributed by atoms with Crippen molar-refractivity contribution in [1.82, 2.24) is 21.1 Å². The van der Waals surface area contributed by atoms with Crippen LogP contribution in [0.4, 0.5) is 0 Å². The van der Waals surface area contributed by atoms with Gasteiger partial charge in [0, 0.05) is 31.6 Å². The van der Waals surface area contributed by atoms with Crippen molar-refractivity contribution < 1.29 is 4.79 Å². The monoisotopic (exact) mass is 378 g/mol. The third-order valence-electron chi connectivity index (χ3n) is 6.20. The Hall–Kier alpha value is -2.21. The first-order chi connectivity index (χ1) is 13.7. The predicted octanol–water partition coefficient (Wildman–Crippen LogP) is 2.72. The average molecular weight is 379 g/mol. The highest BCUT2D eigenvalue weighted by Crippen LogP contribution is 2.35. The Balaban J connectivity index is 1.47. The second-order valence-electron chi connectivity index (χ2n) is 7.88. The molecule has 0 radical (unpaired) electrons. The predicted molar refractivity (Wildman–Crippen MR) is 113 cm³/mol. The minimum Gasteiger partial charge on any atom is -0.355 e. The Labute approximate surface area is 167 Å². The molecule has 28 heavy (non-hydrogen) atoms. The first-order valence-corrected chi connectivity index (χ1v) is 10.4. The molecule has 4 atom stereocenters. The molecule has 2 aromatic rings. The van der Waals surface area contributed by atoms with Crippen molar-refractivity contribution in [2.24, 2.45) is 5.92 Å². The molecule has 2 aliphatic heterocycles. The summed E-state index contributed by atoms with van der Waals surface area (Å²) in [6.45, 7) is 6.55. The van der Waals surface area contributed by atoms with Gasteiger partial charge in [0.1, 0.15) is 0 Å². The number of benzene rings is 2. The quantitative estimate of drug-likeness (QED) is 0.749. The van der Waals surface area contributed by atoms with Crippen LogP contribution in [-0.4, -0.2) is 42.5 Å². The number of hydrazine groups is 1. The van der Waals surface area contributed by atoms with Crippen LogP contribution in [0, 0.1) is 5.92 Å². The number of hydrogen-bond donors (Lipinski definition) is 3. The van der Waals surface area contributed by atoms with Gasteiger partial charge in [-0.3, -0.25) is 15.1 Å². The second-order valence-corrected chi connectivity index (χ2v) is 7.88. The van der Waals surface area contributed by atoms with Gasteiger partial charge >= 0.3 is 0 Å². The maximum atomic E-state index is 12.3. The highest BCUT2D eigenvalue weighted by atomic mass is 16.2. The summed E-state index contributed by atoms with van der Waals surface area (Å²) in [5.41, 5.74) is 10.8. The van der Waals surface area contributed by atoms with E-state index in [1.165, 1.54) is 16.7 Å². The molecule has 148 valence electrons. The van der Waals surface area contributed by atoms with Crippen LogP contribution in [0.25, 0.3) is 11.1 Å². The molecule has 0 bridgehead atoms. The number of amides is 1. The van der Waals surface area contributed by atoms with E-state index < -0.39 is 0 Å². The van der Waals surface area contributed by atoms with Gasteiger partial charge < -0.3 is 5.32 Å². The second kappa shape index (κ2) is 8.43. The maximum absolute atomic E-state index is 12.3. The molecule has 5 nitrogen and oxygen atoms in total. The number of likely N-dealkylation sites (tertiary alicyclic amines) is 1. The third kappa shape index (κ3) is 3.83. The highest BCUT2D eigenvalue weighted by Gasteiger charge is 2.42. The normalized spacial score (nSPS) is 25.9. The van der Waals surface area contributed by atoms with Gasteiger partial charge in [0.15, 0.2) is 0 Å². The van der Waals surface area contributed by atoms with E-state index in [0.717, 1.165) is 19.5 Å². The fourth-order valence-corrected chi connectivity index (χ4v) is 4.51. The van der Waals surface area contributed by atoms with Crippen LogP contribution >= 0.6 is 0 Å². The molecule has 4 unspecified atom stereocenters. The Morgan fingerprint density at radius 2 is 1.82 bits per heavy atom. The number of likely N-dealkylation sites (N-methyl/N-ethyl adjacent to an activating group) is 1. The van der Waals surface area contributed by atoms with Gasteiger partial charge in [0.05, 0.1) is 12.1 Å². The van der Waals surface area contributed by atoms with Crippen molar-refractivity contribution in [1.29, 1.82) is 0 Å². The maximum Gasteiger partial charge on any atom is 0.237 e. The molecule has 1 amide bonds. The van der Waals surface area contributed by atoms with E-state index >= 15 is 0 Å². The zero-order chi connectivity index (χ0) is 19.5. The summed E-state index contributed by atoms with van der Waals surface area (Å²) in [5, 5.41) is 2.96. The van der Waals surface area contributed by atoms with Gasteiger partial charge in [-0.15, -0.1) is 0 Å².